The van der Waals surface area contributed by atoms with Gasteiger partial charge in [-0.25, -0.2) is 9.97 Å². The van der Waals surface area contributed by atoms with Crippen LogP contribution in [0, 0.1) is 0 Å². The molecule has 2 aliphatic heterocycles. The van der Waals surface area contributed by atoms with Gasteiger partial charge in [-0.3, -0.25) is 4.79 Å². The van der Waals surface area contributed by atoms with Crippen molar-refractivity contribution in [1.82, 2.24) is 19.8 Å². The fourth-order valence-corrected chi connectivity index (χ4v) is 3.55. The Morgan fingerprint density at radius 1 is 0.815 bits per heavy atom. The van der Waals surface area contributed by atoms with Crippen LogP contribution >= 0.6 is 0 Å². The van der Waals surface area contributed by atoms with Crippen molar-refractivity contribution in [3.05, 3.63) is 36.4 Å². The van der Waals surface area contributed by atoms with E-state index in [9.17, 15) is 4.79 Å². The smallest absolute Gasteiger partial charge is 0.209 e. The molecule has 142 valence electrons. The van der Waals surface area contributed by atoms with Crippen molar-refractivity contribution in [2.45, 2.75) is 0 Å². The van der Waals surface area contributed by atoms with Crippen molar-refractivity contribution in [3.63, 3.8) is 0 Å². The highest BCUT2D eigenvalue weighted by atomic mass is 16.1. The van der Waals surface area contributed by atoms with Gasteiger partial charge < -0.3 is 19.6 Å². The van der Waals surface area contributed by atoms with E-state index in [-0.39, 0.29) is 0 Å². The number of carbonyl (C=O) groups is 1. The number of hydrogen-bond acceptors (Lipinski definition) is 6. The molecule has 2 saturated heterocycles. The van der Waals surface area contributed by atoms with E-state index in [4.69, 9.17) is 9.97 Å². The van der Waals surface area contributed by atoms with Gasteiger partial charge in [0.1, 0.15) is 11.6 Å². The van der Waals surface area contributed by atoms with E-state index in [1.165, 1.54) is 0 Å². The molecule has 1 aromatic heterocycles. The predicted octanol–water partition coefficient (Wildman–Crippen LogP) is 1.17. The molecule has 7 heteroatoms. The maximum Gasteiger partial charge on any atom is 0.209 e. The van der Waals surface area contributed by atoms with Crippen molar-refractivity contribution < 1.29 is 4.79 Å². The summed E-state index contributed by atoms with van der Waals surface area (Å²) in [6.45, 7) is 7.09. The summed E-state index contributed by atoms with van der Waals surface area (Å²) < 4.78 is 0. The van der Waals surface area contributed by atoms with E-state index >= 15 is 0 Å². The third-order valence-corrected chi connectivity index (χ3v) is 5.35. The highest BCUT2D eigenvalue weighted by Crippen LogP contribution is 2.26. The highest BCUT2D eigenvalue weighted by molar-refractivity contribution is 5.62. The van der Waals surface area contributed by atoms with Crippen LogP contribution in [0.25, 0.3) is 11.4 Å². The zero-order valence-electron chi connectivity index (χ0n) is 15.8. The molecule has 0 atom stereocenters. The molecule has 0 bridgehead atoms. The molecule has 27 heavy (non-hydrogen) atoms. The minimum absolute atomic E-state index is 0.734. The second kappa shape index (κ2) is 7.92. The first-order chi connectivity index (χ1) is 13.2. The van der Waals surface area contributed by atoms with E-state index in [0.717, 1.165) is 81.8 Å². The van der Waals surface area contributed by atoms with Crippen LogP contribution in [0.4, 0.5) is 11.6 Å². The van der Waals surface area contributed by atoms with Crippen LogP contribution < -0.4 is 9.80 Å². The minimum Gasteiger partial charge on any atom is -0.354 e. The molecular weight excluding hydrogens is 340 g/mol. The normalized spacial score (nSPS) is 18.6. The van der Waals surface area contributed by atoms with E-state index in [1.54, 1.807) is 0 Å². The Kier molecular flexibility index (Phi) is 5.20. The van der Waals surface area contributed by atoms with Gasteiger partial charge in [0, 0.05) is 64.0 Å². The summed E-state index contributed by atoms with van der Waals surface area (Å²) in [6.07, 6.45) is 0.933. The summed E-state index contributed by atoms with van der Waals surface area (Å²) in [7, 11) is 2.16. The van der Waals surface area contributed by atoms with Gasteiger partial charge in [0.15, 0.2) is 5.82 Å². The number of likely N-dealkylation sites (N-methyl/N-ethyl adjacent to an activating group) is 1. The molecule has 0 aliphatic carbocycles. The van der Waals surface area contributed by atoms with Gasteiger partial charge in [-0.2, -0.15) is 0 Å². The van der Waals surface area contributed by atoms with Gasteiger partial charge in [-0.1, -0.05) is 30.3 Å². The Morgan fingerprint density at radius 2 is 1.37 bits per heavy atom. The van der Waals surface area contributed by atoms with Crippen molar-refractivity contribution in [1.29, 1.82) is 0 Å². The fourth-order valence-electron chi connectivity index (χ4n) is 3.55. The van der Waals surface area contributed by atoms with Crippen molar-refractivity contribution in [2.24, 2.45) is 0 Å². The van der Waals surface area contributed by atoms with Gasteiger partial charge >= 0.3 is 0 Å². The lowest BCUT2D eigenvalue weighted by Gasteiger charge is -2.35. The molecule has 7 nitrogen and oxygen atoms in total. The Bertz CT molecular complexity index is 767. The summed E-state index contributed by atoms with van der Waals surface area (Å²) in [5, 5.41) is 0. The number of rotatable bonds is 4. The standard InChI is InChI=1S/C20H26N6O/c1-23-7-11-25(12-8-23)18-15-19(26-13-9-24(16-27)10-14-26)22-20(21-18)17-5-3-2-4-6-17/h2-6,15-16H,7-14H2,1H3. The second-order valence-corrected chi connectivity index (χ2v) is 7.19. The van der Waals surface area contributed by atoms with Gasteiger partial charge in [0.2, 0.25) is 6.41 Å². The Morgan fingerprint density at radius 3 is 1.93 bits per heavy atom. The van der Waals surface area contributed by atoms with E-state index in [0.29, 0.717) is 0 Å². The number of aromatic nitrogens is 2. The summed E-state index contributed by atoms with van der Waals surface area (Å²) in [6, 6.07) is 12.3. The molecule has 0 saturated carbocycles. The maximum absolute atomic E-state index is 11.0. The van der Waals surface area contributed by atoms with E-state index in [2.05, 4.69) is 39.9 Å². The molecule has 0 N–H and O–H groups in total. The first kappa shape index (κ1) is 17.7. The number of hydrogen-bond donors (Lipinski definition) is 0. The monoisotopic (exact) mass is 366 g/mol. The maximum atomic E-state index is 11.0. The number of piperazine rings is 2. The van der Waals surface area contributed by atoms with Crippen LogP contribution in [0.3, 0.4) is 0 Å². The fraction of sp³-hybridized carbons (Fsp3) is 0.450. The minimum atomic E-state index is 0.734. The lowest BCUT2D eigenvalue weighted by atomic mass is 10.2. The molecule has 1 amide bonds. The Hall–Kier alpha value is -2.67. The SMILES string of the molecule is CN1CCN(c2cc(N3CCN(C=O)CC3)nc(-c3ccccc3)n2)CC1. The molecule has 0 spiro atoms. The van der Waals surface area contributed by atoms with Crippen LogP contribution in [0.2, 0.25) is 0 Å². The number of anilines is 2. The first-order valence-electron chi connectivity index (χ1n) is 9.55. The average Bonchev–Trinajstić information content (AvgIpc) is 2.74. The van der Waals surface area contributed by atoms with Crippen LogP contribution in [-0.2, 0) is 4.79 Å². The Labute approximate surface area is 160 Å². The third kappa shape index (κ3) is 4.03. The number of amides is 1. The number of carbonyl (C=O) groups excluding carboxylic acids is 1. The van der Waals surface area contributed by atoms with Crippen LogP contribution in [0.15, 0.2) is 36.4 Å². The third-order valence-electron chi connectivity index (χ3n) is 5.35. The van der Waals surface area contributed by atoms with Crippen LogP contribution in [-0.4, -0.2) is 85.6 Å². The quantitative estimate of drug-likeness (QED) is 0.758. The van der Waals surface area contributed by atoms with Crippen LogP contribution in [0.5, 0.6) is 0 Å². The molecule has 2 aromatic rings. The molecule has 2 fully saturated rings. The summed E-state index contributed by atoms with van der Waals surface area (Å²) in [5.41, 5.74) is 1.03. The van der Waals surface area contributed by atoms with Gasteiger partial charge in [-0.15, -0.1) is 0 Å². The molecular formula is C20H26N6O. The van der Waals surface area contributed by atoms with E-state index < -0.39 is 0 Å². The van der Waals surface area contributed by atoms with E-state index in [1.807, 2.05) is 23.1 Å². The number of nitrogens with zero attached hydrogens (tertiary/aromatic N) is 6. The Balaban J connectivity index is 1.65. The zero-order chi connectivity index (χ0) is 18.6. The zero-order valence-corrected chi connectivity index (χ0v) is 15.8. The molecule has 2 aliphatic rings. The molecule has 1 aromatic carbocycles. The summed E-state index contributed by atoms with van der Waals surface area (Å²) in [5.74, 6) is 2.70. The van der Waals surface area contributed by atoms with Crippen molar-refractivity contribution in [3.8, 4) is 11.4 Å². The molecule has 0 unspecified atom stereocenters. The van der Waals surface area contributed by atoms with Gasteiger partial charge in [0.05, 0.1) is 0 Å². The van der Waals surface area contributed by atoms with Crippen molar-refractivity contribution in [2.75, 3.05) is 69.2 Å². The average molecular weight is 366 g/mol. The van der Waals surface area contributed by atoms with Crippen molar-refractivity contribution >= 4 is 18.0 Å². The summed E-state index contributed by atoms with van der Waals surface area (Å²) in [4.78, 5) is 29.5. The summed E-state index contributed by atoms with van der Waals surface area (Å²) >= 11 is 0. The number of benzene rings is 1. The first-order valence-corrected chi connectivity index (χ1v) is 9.55. The largest absolute Gasteiger partial charge is 0.354 e. The highest BCUT2D eigenvalue weighted by Gasteiger charge is 2.21. The molecule has 3 heterocycles. The van der Waals surface area contributed by atoms with Gasteiger partial charge in [0.25, 0.3) is 0 Å². The second-order valence-electron chi connectivity index (χ2n) is 7.19. The lowest BCUT2D eigenvalue weighted by molar-refractivity contribution is -0.118. The lowest BCUT2D eigenvalue weighted by Crippen LogP contribution is -2.46. The molecule has 4 rings (SSSR count). The topological polar surface area (TPSA) is 55.8 Å². The molecule has 0 radical (unpaired) electrons. The van der Waals surface area contributed by atoms with Gasteiger partial charge in [-0.05, 0) is 7.05 Å². The van der Waals surface area contributed by atoms with Crippen LogP contribution in [0.1, 0.15) is 0 Å². The predicted molar refractivity (Wildman–Crippen MR) is 107 cm³/mol.